The van der Waals surface area contributed by atoms with Gasteiger partial charge in [-0.2, -0.15) is 4.36 Å². The van der Waals surface area contributed by atoms with Gasteiger partial charge < -0.3 is 0 Å². The molecule has 0 bridgehead atoms. The molecule has 0 aliphatic heterocycles. The van der Waals surface area contributed by atoms with Crippen LogP contribution in [0, 0.1) is 5.82 Å². The number of nitrogens with zero attached hydrogens (tertiary/aromatic N) is 1. The Morgan fingerprint density at radius 1 is 1.40 bits per heavy atom. The Balaban J connectivity index is 3.41. The summed E-state index contributed by atoms with van der Waals surface area (Å²) in [7, 11) is -2.42. The maximum absolute atomic E-state index is 13.6. The molecule has 0 spiro atoms. The largest absolute Gasteiger partial charge is 0.294 e. The van der Waals surface area contributed by atoms with Crippen molar-refractivity contribution in [1.29, 1.82) is 0 Å². The number of hydrogen-bond acceptors (Lipinski definition) is 3. The van der Waals surface area contributed by atoms with Gasteiger partial charge in [-0.1, -0.05) is 6.07 Å². The minimum absolute atomic E-state index is 0.0279. The van der Waals surface area contributed by atoms with Crippen LogP contribution in [0.4, 0.5) is 10.1 Å². The highest BCUT2D eigenvalue weighted by atomic mass is 32.2. The zero-order valence-electron chi connectivity index (χ0n) is 8.78. The molecule has 82 valence electrons. The number of benzene rings is 1. The highest BCUT2D eigenvalue weighted by Crippen LogP contribution is 2.22. The van der Waals surface area contributed by atoms with E-state index >= 15 is 0 Å². The first-order valence-corrected chi connectivity index (χ1v) is 6.61. The Bertz CT molecular complexity index is 508. The molecule has 0 amide bonds. The Kier molecular flexibility index (Phi) is 3.24. The van der Waals surface area contributed by atoms with Crippen molar-refractivity contribution < 1.29 is 13.4 Å². The minimum atomic E-state index is -2.42. The highest BCUT2D eigenvalue weighted by Gasteiger charge is 2.11. The van der Waals surface area contributed by atoms with Crippen molar-refractivity contribution in [2.24, 2.45) is 4.36 Å². The third kappa shape index (κ3) is 3.13. The molecule has 0 N–H and O–H groups in total. The molecule has 0 aliphatic rings. The summed E-state index contributed by atoms with van der Waals surface area (Å²) < 4.78 is 28.7. The van der Waals surface area contributed by atoms with Crippen LogP contribution in [-0.4, -0.2) is 22.5 Å². The lowest BCUT2D eigenvalue weighted by molar-refractivity contribution is 0.101. The van der Waals surface area contributed by atoms with E-state index in [9.17, 15) is 13.4 Å². The van der Waals surface area contributed by atoms with E-state index in [1.54, 1.807) is 0 Å². The number of carbonyl (C=O) groups excluding carboxylic acids is 1. The number of rotatable bonds is 2. The average molecular weight is 229 g/mol. The van der Waals surface area contributed by atoms with E-state index in [2.05, 4.69) is 4.36 Å². The van der Waals surface area contributed by atoms with E-state index in [4.69, 9.17) is 0 Å². The number of Topliss-reactive ketones (excluding diaryl/α,β-unsaturated/α-hetero) is 1. The van der Waals surface area contributed by atoms with Gasteiger partial charge in [0.1, 0.15) is 5.69 Å². The lowest BCUT2D eigenvalue weighted by Gasteiger charge is -2.02. The molecule has 0 unspecified atom stereocenters. The summed E-state index contributed by atoms with van der Waals surface area (Å²) in [5, 5.41) is 0. The molecule has 1 aromatic rings. The van der Waals surface area contributed by atoms with Gasteiger partial charge in [0.25, 0.3) is 0 Å². The van der Waals surface area contributed by atoms with Crippen LogP contribution in [0.1, 0.15) is 17.3 Å². The lowest BCUT2D eigenvalue weighted by atomic mass is 10.1. The molecule has 0 saturated heterocycles. The van der Waals surface area contributed by atoms with Crippen molar-refractivity contribution in [2.45, 2.75) is 6.92 Å². The molecular weight excluding hydrogens is 217 g/mol. The van der Waals surface area contributed by atoms with Gasteiger partial charge in [-0.15, -0.1) is 0 Å². The predicted octanol–water partition coefficient (Wildman–Crippen LogP) is 2.39. The number of hydrogen-bond donors (Lipinski definition) is 0. The quantitative estimate of drug-likeness (QED) is 0.731. The van der Waals surface area contributed by atoms with Crippen LogP contribution in [0.3, 0.4) is 0 Å². The fraction of sp³-hybridized carbons (Fsp3) is 0.300. The summed E-state index contributed by atoms with van der Waals surface area (Å²) in [6.07, 6.45) is 2.82. The second-order valence-corrected chi connectivity index (χ2v) is 6.01. The number of carbonyl (C=O) groups is 1. The van der Waals surface area contributed by atoms with Crippen molar-refractivity contribution in [3.8, 4) is 0 Å². The SMILES string of the molecule is CC(=O)c1cccc(N=S(C)(C)=O)c1F. The normalized spacial score (nSPS) is 11.2. The summed E-state index contributed by atoms with van der Waals surface area (Å²) in [6, 6.07) is 4.29. The van der Waals surface area contributed by atoms with Gasteiger partial charge in [-0.05, 0) is 19.1 Å². The van der Waals surface area contributed by atoms with E-state index in [1.165, 1.54) is 37.6 Å². The fourth-order valence-corrected chi connectivity index (χ4v) is 1.71. The van der Waals surface area contributed by atoms with E-state index in [0.717, 1.165) is 0 Å². The topological polar surface area (TPSA) is 46.5 Å². The molecule has 0 heterocycles. The van der Waals surface area contributed by atoms with E-state index in [0.29, 0.717) is 0 Å². The molecule has 5 heteroatoms. The van der Waals surface area contributed by atoms with E-state index in [-0.39, 0.29) is 17.0 Å². The van der Waals surface area contributed by atoms with Gasteiger partial charge in [0, 0.05) is 22.2 Å². The maximum Gasteiger partial charge on any atom is 0.162 e. The van der Waals surface area contributed by atoms with Crippen molar-refractivity contribution in [1.82, 2.24) is 0 Å². The molecule has 1 aromatic carbocycles. The van der Waals surface area contributed by atoms with Gasteiger partial charge in [-0.3, -0.25) is 4.79 Å². The first-order chi connectivity index (χ1) is 6.81. The van der Waals surface area contributed by atoms with Gasteiger partial charge in [0.2, 0.25) is 0 Å². The number of halogens is 1. The molecule has 1 rings (SSSR count). The molecule has 3 nitrogen and oxygen atoms in total. The molecule has 0 aliphatic carbocycles. The summed E-state index contributed by atoms with van der Waals surface area (Å²) >= 11 is 0. The van der Waals surface area contributed by atoms with Crippen LogP contribution < -0.4 is 0 Å². The lowest BCUT2D eigenvalue weighted by Crippen LogP contribution is -1.97. The van der Waals surface area contributed by atoms with Crippen LogP contribution in [-0.2, 0) is 9.73 Å². The van der Waals surface area contributed by atoms with Gasteiger partial charge >= 0.3 is 0 Å². The summed E-state index contributed by atoms with van der Waals surface area (Å²) in [6.45, 7) is 1.28. The Hall–Kier alpha value is -1.23. The predicted molar refractivity (Wildman–Crippen MR) is 58.5 cm³/mol. The Morgan fingerprint density at radius 3 is 2.47 bits per heavy atom. The third-order valence-corrected chi connectivity index (χ3v) is 2.31. The van der Waals surface area contributed by atoms with Crippen molar-refractivity contribution >= 4 is 21.2 Å². The smallest absolute Gasteiger partial charge is 0.162 e. The molecule has 0 atom stereocenters. The third-order valence-electron chi connectivity index (χ3n) is 1.68. The van der Waals surface area contributed by atoms with Crippen LogP contribution >= 0.6 is 0 Å². The highest BCUT2D eigenvalue weighted by molar-refractivity contribution is 7.92. The van der Waals surface area contributed by atoms with E-state index < -0.39 is 15.5 Å². The first-order valence-electron chi connectivity index (χ1n) is 4.28. The maximum atomic E-state index is 13.6. The number of ketones is 1. The molecule has 0 saturated carbocycles. The Labute approximate surface area is 88.5 Å². The first kappa shape index (κ1) is 11.8. The Morgan fingerprint density at radius 2 is 2.00 bits per heavy atom. The van der Waals surface area contributed by atoms with Crippen molar-refractivity contribution in [3.63, 3.8) is 0 Å². The van der Waals surface area contributed by atoms with Crippen LogP contribution in [0.25, 0.3) is 0 Å². The molecule has 15 heavy (non-hydrogen) atoms. The van der Waals surface area contributed by atoms with Gasteiger partial charge in [-0.25, -0.2) is 8.60 Å². The zero-order chi connectivity index (χ0) is 11.6. The van der Waals surface area contributed by atoms with Gasteiger partial charge in [0.05, 0.1) is 5.56 Å². The standard InChI is InChI=1S/C10H12FNO2S/c1-7(13)8-5-4-6-9(10(8)11)12-15(2,3)14/h4-6H,1-3H3. The van der Waals surface area contributed by atoms with Crippen molar-refractivity contribution in [3.05, 3.63) is 29.6 Å². The van der Waals surface area contributed by atoms with Crippen LogP contribution in [0.5, 0.6) is 0 Å². The monoisotopic (exact) mass is 229 g/mol. The van der Waals surface area contributed by atoms with Gasteiger partial charge in [0.15, 0.2) is 11.6 Å². The second-order valence-electron chi connectivity index (χ2n) is 3.47. The summed E-state index contributed by atoms with van der Waals surface area (Å²) in [5.41, 5.74) is -0.0578. The summed E-state index contributed by atoms with van der Waals surface area (Å²) in [5.74, 6) is -1.08. The van der Waals surface area contributed by atoms with Crippen molar-refractivity contribution in [2.75, 3.05) is 12.5 Å². The summed E-state index contributed by atoms with van der Waals surface area (Å²) in [4.78, 5) is 11.0. The van der Waals surface area contributed by atoms with E-state index in [1.807, 2.05) is 0 Å². The average Bonchev–Trinajstić information content (AvgIpc) is 2.05. The molecule has 0 aromatic heterocycles. The molecular formula is C10H12FNO2S. The van der Waals surface area contributed by atoms with Crippen LogP contribution in [0.2, 0.25) is 0 Å². The van der Waals surface area contributed by atoms with Crippen LogP contribution in [0.15, 0.2) is 22.6 Å². The fourth-order valence-electron chi connectivity index (χ4n) is 1.10. The minimum Gasteiger partial charge on any atom is -0.294 e. The molecule has 0 radical (unpaired) electrons. The molecule has 0 fully saturated rings. The zero-order valence-corrected chi connectivity index (χ0v) is 9.60. The second kappa shape index (κ2) is 4.10.